The number of rotatable bonds is 4. The predicted octanol–water partition coefficient (Wildman–Crippen LogP) is 1.41. The highest BCUT2D eigenvalue weighted by Gasteiger charge is 2.26. The lowest BCUT2D eigenvalue weighted by atomic mass is 9.79. The van der Waals surface area contributed by atoms with E-state index in [-0.39, 0.29) is 19.1 Å². The van der Waals surface area contributed by atoms with E-state index in [1.54, 1.807) is 0 Å². The number of hydrogen-bond donors (Lipinski definition) is 3. The lowest BCUT2D eigenvalue weighted by Crippen LogP contribution is -2.32. The fraction of sp³-hybridized carbons (Fsp3) is 0.846. The smallest absolute Gasteiger partial charge is 0.0484 e. The fourth-order valence-electron chi connectivity index (χ4n) is 3.01. The first-order chi connectivity index (χ1) is 7.85. The Labute approximate surface area is 97.6 Å². The zero-order chi connectivity index (χ0) is 11.4. The summed E-state index contributed by atoms with van der Waals surface area (Å²) in [5.41, 5.74) is 2.91. The number of piperidine rings is 1. The number of aliphatic hydroxyl groups is 2. The van der Waals surface area contributed by atoms with Crippen molar-refractivity contribution in [1.29, 1.82) is 0 Å². The molecule has 16 heavy (non-hydrogen) atoms. The molecule has 1 unspecified atom stereocenters. The topological polar surface area (TPSA) is 52.5 Å². The Bertz CT molecular complexity index is 259. The molecule has 3 heteroatoms. The summed E-state index contributed by atoms with van der Waals surface area (Å²) in [5.74, 6) is 0.764. The van der Waals surface area contributed by atoms with Gasteiger partial charge in [-0.05, 0) is 44.4 Å². The molecule has 0 aromatic heterocycles. The molecule has 3 nitrogen and oxygen atoms in total. The monoisotopic (exact) mass is 225 g/mol. The highest BCUT2D eigenvalue weighted by Crippen LogP contribution is 2.36. The maximum absolute atomic E-state index is 9.15. The quantitative estimate of drug-likeness (QED) is 0.678. The van der Waals surface area contributed by atoms with Gasteiger partial charge in [-0.3, -0.25) is 0 Å². The molecule has 1 saturated heterocycles. The van der Waals surface area contributed by atoms with Crippen molar-refractivity contribution in [2.24, 2.45) is 11.8 Å². The Hall–Kier alpha value is -0.540. The first kappa shape index (κ1) is 11.9. The van der Waals surface area contributed by atoms with Crippen molar-refractivity contribution in [3.63, 3.8) is 0 Å². The summed E-state index contributed by atoms with van der Waals surface area (Å²) >= 11 is 0. The molecular formula is C13H23NO2. The summed E-state index contributed by atoms with van der Waals surface area (Å²) in [5, 5.41) is 21.8. The molecule has 92 valence electrons. The molecule has 1 heterocycles. The van der Waals surface area contributed by atoms with Crippen LogP contribution in [0.15, 0.2) is 11.3 Å². The van der Waals surface area contributed by atoms with E-state index in [0.29, 0.717) is 0 Å². The Kier molecular flexibility index (Phi) is 4.24. The Morgan fingerprint density at radius 3 is 2.69 bits per heavy atom. The van der Waals surface area contributed by atoms with Crippen LogP contribution >= 0.6 is 0 Å². The van der Waals surface area contributed by atoms with Crippen LogP contribution < -0.4 is 5.32 Å². The molecule has 0 aromatic carbocycles. The van der Waals surface area contributed by atoms with Crippen molar-refractivity contribution in [1.82, 2.24) is 5.32 Å². The molecule has 2 aliphatic rings. The van der Waals surface area contributed by atoms with Crippen LogP contribution in [-0.2, 0) is 0 Å². The average molecular weight is 225 g/mol. The van der Waals surface area contributed by atoms with Gasteiger partial charge in [0.2, 0.25) is 0 Å². The van der Waals surface area contributed by atoms with E-state index in [1.165, 1.54) is 37.0 Å². The molecule has 0 amide bonds. The van der Waals surface area contributed by atoms with E-state index in [9.17, 15) is 0 Å². The maximum Gasteiger partial charge on any atom is 0.0484 e. The van der Waals surface area contributed by atoms with Gasteiger partial charge in [0, 0.05) is 31.4 Å². The van der Waals surface area contributed by atoms with E-state index < -0.39 is 0 Å². The van der Waals surface area contributed by atoms with Crippen LogP contribution in [-0.4, -0.2) is 30.0 Å². The number of hydrogen-bond acceptors (Lipinski definition) is 3. The van der Waals surface area contributed by atoms with E-state index in [4.69, 9.17) is 10.2 Å². The first-order valence-corrected chi connectivity index (χ1v) is 6.52. The van der Waals surface area contributed by atoms with Gasteiger partial charge in [-0.2, -0.15) is 0 Å². The molecule has 0 radical (unpaired) electrons. The Morgan fingerprint density at radius 2 is 1.94 bits per heavy atom. The third-order valence-corrected chi connectivity index (χ3v) is 3.92. The summed E-state index contributed by atoms with van der Waals surface area (Å²) < 4.78 is 0. The molecule has 0 aromatic rings. The minimum atomic E-state index is 0.0324. The number of aliphatic hydroxyl groups excluding tert-OH is 2. The van der Waals surface area contributed by atoms with Gasteiger partial charge in [0.05, 0.1) is 0 Å². The molecule has 1 atom stereocenters. The molecule has 3 N–H and O–H groups in total. The lowest BCUT2D eigenvalue weighted by molar-refractivity contribution is 0.148. The Balaban J connectivity index is 2.07. The lowest BCUT2D eigenvalue weighted by Gasteiger charge is -2.34. The van der Waals surface area contributed by atoms with Crippen LogP contribution in [0.2, 0.25) is 0 Å². The third-order valence-electron chi connectivity index (χ3n) is 3.92. The molecule has 1 aliphatic carbocycles. The summed E-state index contributed by atoms with van der Waals surface area (Å²) in [4.78, 5) is 0. The molecule has 1 fully saturated rings. The maximum atomic E-state index is 9.15. The van der Waals surface area contributed by atoms with Crippen molar-refractivity contribution in [3.05, 3.63) is 11.3 Å². The van der Waals surface area contributed by atoms with Gasteiger partial charge >= 0.3 is 0 Å². The van der Waals surface area contributed by atoms with Gasteiger partial charge in [-0.25, -0.2) is 0 Å². The number of allylic oxidation sites excluding steroid dienone is 2. The van der Waals surface area contributed by atoms with Crippen molar-refractivity contribution in [3.8, 4) is 0 Å². The van der Waals surface area contributed by atoms with E-state index in [2.05, 4.69) is 5.32 Å². The first-order valence-electron chi connectivity index (χ1n) is 6.52. The van der Waals surface area contributed by atoms with Gasteiger partial charge in [0.25, 0.3) is 0 Å². The van der Waals surface area contributed by atoms with E-state index in [1.807, 2.05) is 0 Å². The zero-order valence-electron chi connectivity index (χ0n) is 9.91. The number of fused-ring (bicyclic) bond motifs is 1. The van der Waals surface area contributed by atoms with Crippen molar-refractivity contribution in [2.45, 2.75) is 38.5 Å². The van der Waals surface area contributed by atoms with Gasteiger partial charge < -0.3 is 15.5 Å². The van der Waals surface area contributed by atoms with Crippen LogP contribution in [0.4, 0.5) is 0 Å². The third kappa shape index (κ3) is 2.58. The molecule has 0 bridgehead atoms. The summed E-state index contributed by atoms with van der Waals surface area (Å²) in [6, 6.07) is 0. The Morgan fingerprint density at radius 1 is 1.19 bits per heavy atom. The van der Waals surface area contributed by atoms with Crippen molar-refractivity contribution < 1.29 is 10.2 Å². The molecule has 0 spiro atoms. The van der Waals surface area contributed by atoms with Crippen LogP contribution in [0.3, 0.4) is 0 Å². The van der Waals surface area contributed by atoms with E-state index in [0.717, 1.165) is 25.3 Å². The van der Waals surface area contributed by atoms with Gasteiger partial charge in [0.1, 0.15) is 0 Å². The van der Waals surface area contributed by atoms with Crippen molar-refractivity contribution >= 4 is 0 Å². The minimum absolute atomic E-state index is 0.0324. The largest absolute Gasteiger partial charge is 0.396 e. The van der Waals surface area contributed by atoms with Gasteiger partial charge in [0.15, 0.2) is 0 Å². The molecule has 2 rings (SSSR count). The summed E-state index contributed by atoms with van der Waals surface area (Å²) in [6.45, 7) is 1.29. The fourth-order valence-corrected chi connectivity index (χ4v) is 3.01. The average Bonchev–Trinajstić information content (AvgIpc) is 2.36. The minimum Gasteiger partial charge on any atom is -0.396 e. The van der Waals surface area contributed by atoms with E-state index >= 15 is 0 Å². The highest BCUT2D eigenvalue weighted by atomic mass is 16.3. The van der Waals surface area contributed by atoms with Crippen LogP contribution in [0.5, 0.6) is 0 Å². The van der Waals surface area contributed by atoms with Crippen LogP contribution in [0.25, 0.3) is 0 Å². The predicted molar refractivity (Wildman–Crippen MR) is 63.9 cm³/mol. The zero-order valence-corrected chi connectivity index (χ0v) is 9.91. The highest BCUT2D eigenvalue weighted by molar-refractivity contribution is 5.20. The standard InChI is InChI=1S/C13H23NO2/c15-8-10(9-16)7-12-4-1-3-11-5-2-6-14-13(11)12/h10-11,14-16H,1-9H2. The van der Waals surface area contributed by atoms with Crippen LogP contribution in [0.1, 0.15) is 38.5 Å². The van der Waals surface area contributed by atoms with Gasteiger partial charge in [-0.1, -0.05) is 5.57 Å². The second-order valence-electron chi connectivity index (χ2n) is 5.11. The summed E-state index contributed by atoms with van der Waals surface area (Å²) in [7, 11) is 0. The molecular weight excluding hydrogens is 202 g/mol. The second-order valence-corrected chi connectivity index (χ2v) is 5.11. The molecule has 0 saturated carbocycles. The van der Waals surface area contributed by atoms with Crippen molar-refractivity contribution in [2.75, 3.05) is 19.8 Å². The van der Waals surface area contributed by atoms with Gasteiger partial charge in [-0.15, -0.1) is 0 Å². The SMILES string of the molecule is OCC(CO)CC1=C2NCCCC2CCC1. The number of nitrogens with one attached hydrogen (secondary N) is 1. The normalized spacial score (nSPS) is 25.6. The second kappa shape index (κ2) is 5.69. The van der Waals surface area contributed by atoms with Crippen LogP contribution in [0, 0.1) is 11.8 Å². The molecule has 1 aliphatic heterocycles. The summed E-state index contributed by atoms with van der Waals surface area (Å²) in [6.07, 6.45) is 7.20.